The van der Waals surface area contributed by atoms with E-state index in [9.17, 15) is 0 Å². The molecule has 0 unspecified atom stereocenters. The van der Waals surface area contributed by atoms with Gasteiger partial charge in [-0.15, -0.1) is 11.3 Å². The lowest BCUT2D eigenvalue weighted by Crippen LogP contribution is -2.09. The number of nitrogens with zero attached hydrogens (tertiary/aromatic N) is 2. The van der Waals surface area contributed by atoms with E-state index in [2.05, 4.69) is 30.2 Å². The topological polar surface area (TPSA) is 47.0 Å². The van der Waals surface area contributed by atoms with Crippen LogP contribution in [0.1, 0.15) is 19.5 Å². The van der Waals surface area contributed by atoms with Gasteiger partial charge in [0.25, 0.3) is 0 Å². The van der Waals surface area contributed by atoms with Crippen LogP contribution in [0, 0.1) is 6.92 Å². The molecule has 0 aliphatic heterocycles. The van der Waals surface area contributed by atoms with Crippen LogP contribution in [0.25, 0.3) is 22.2 Å². The Kier molecular flexibility index (Phi) is 3.98. The molecule has 2 aromatic heterocycles. The molecular weight excluding hydrogens is 294 g/mol. The summed E-state index contributed by atoms with van der Waals surface area (Å²) >= 11 is 1.60. The summed E-state index contributed by atoms with van der Waals surface area (Å²) in [5.74, 6) is 0.851. The molecule has 2 heterocycles. The van der Waals surface area contributed by atoms with Crippen LogP contribution in [0.5, 0.6) is 5.75 Å². The molecule has 5 heteroatoms. The van der Waals surface area contributed by atoms with E-state index in [1.54, 1.807) is 18.4 Å². The Morgan fingerprint density at radius 3 is 2.68 bits per heavy atom. The van der Waals surface area contributed by atoms with Gasteiger partial charge in [0.1, 0.15) is 11.4 Å². The highest BCUT2D eigenvalue weighted by Gasteiger charge is 2.10. The standard InChI is InChI=1S/C17H19N3OS/c1-10(2)18-17-20-16(9-22-17)15-8-12-7-13(21-4)5-6-14(12)11(3)19-15/h5-10H,1-4H3,(H,18,20). The summed E-state index contributed by atoms with van der Waals surface area (Å²) in [4.78, 5) is 9.32. The number of pyridine rings is 1. The largest absolute Gasteiger partial charge is 0.497 e. The fourth-order valence-corrected chi connectivity index (χ4v) is 3.22. The van der Waals surface area contributed by atoms with Crippen molar-refractivity contribution in [3.05, 3.63) is 35.3 Å². The minimum atomic E-state index is 0.370. The first-order valence-electron chi connectivity index (χ1n) is 7.24. The summed E-state index contributed by atoms with van der Waals surface area (Å²) in [7, 11) is 1.68. The lowest BCUT2D eigenvalue weighted by molar-refractivity contribution is 0.415. The highest BCUT2D eigenvalue weighted by Crippen LogP contribution is 2.29. The first-order chi connectivity index (χ1) is 10.6. The van der Waals surface area contributed by atoms with Crippen molar-refractivity contribution in [2.24, 2.45) is 0 Å². The summed E-state index contributed by atoms with van der Waals surface area (Å²) in [6.45, 7) is 6.23. The molecule has 22 heavy (non-hydrogen) atoms. The van der Waals surface area contributed by atoms with E-state index < -0.39 is 0 Å². The fourth-order valence-electron chi connectivity index (χ4n) is 2.37. The number of nitrogens with one attached hydrogen (secondary N) is 1. The average Bonchev–Trinajstić information content (AvgIpc) is 2.94. The van der Waals surface area contributed by atoms with Crippen molar-refractivity contribution in [1.82, 2.24) is 9.97 Å². The second kappa shape index (κ2) is 5.93. The molecule has 3 rings (SSSR count). The van der Waals surface area contributed by atoms with Crippen LogP contribution in [0.2, 0.25) is 0 Å². The van der Waals surface area contributed by atoms with Gasteiger partial charge in [0, 0.05) is 22.5 Å². The quantitative estimate of drug-likeness (QED) is 0.770. The number of rotatable bonds is 4. The van der Waals surface area contributed by atoms with Crippen molar-refractivity contribution < 1.29 is 4.74 Å². The van der Waals surface area contributed by atoms with Crippen LogP contribution < -0.4 is 10.1 Å². The number of benzene rings is 1. The van der Waals surface area contributed by atoms with E-state index in [-0.39, 0.29) is 0 Å². The van der Waals surface area contributed by atoms with Gasteiger partial charge in [-0.05, 0) is 50.4 Å². The molecule has 0 aliphatic carbocycles. The van der Waals surface area contributed by atoms with Gasteiger partial charge in [-0.2, -0.15) is 0 Å². The maximum Gasteiger partial charge on any atom is 0.183 e. The van der Waals surface area contributed by atoms with Crippen molar-refractivity contribution in [1.29, 1.82) is 0 Å². The van der Waals surface area contributed by atoms with Gasteiger partial charge in [0.05, 0.1) is 12.8 Å². The minimum Gasteiger partial charge on any atom is -0.497 e. The van der Waals surface area contributed by atoms with E-state index in [4.69, 9.17) is 9.72 Å². The molecule has 0 radical (unpaired) electrons. The predicted octanol–water partition coefficient (Wildman–Crippen LogP) is 4.50. The number of ether oxygens (including phenoxy) is 1. The first-order valence-corrected chi connectivity index (χ1v) is 8.12. The van der Waals surface area contributed by atoms with Crippen LogP contribution >= 0.6 is 11.3 Å². The Bertz CT molecular complexity index is 811. The van der Waals surface area contributed by atoms with Gasteiger partial charge in [0.2, 0.25) is 0 Å². The van der Waals surface area contributed by atoms with Gasteiger partial charge >= 0.3 is 0 Å². The van der Waals surface area contributed by atoms with E-state index in [0.717, 1.165) is 38.7 Å². The highest BCUT2D eigenvalue weighted by molar-refractivity contribution is 7.14. The van der Waals surface area contributed by atoms with Crippen LogP contribution in [-0.2, 0) is 0 Å². The number of fused-ring (bicyclic) bond motifs is 1. The number of hydrogen-bond acceptors (Lipinski definition) is 5. The van der Waals surface area contributed by atoms with E-state index in [1.807, 2.05) is 30.5 Å². The fraction of sp³-hybridized carbons (Fsp3) is 0.294. The predicted molar refractivity (Wildman–Crippen MR) is 92.9 cm³/mol. The number of aromatic nitrogens is 2. The number of methoxy groups -OCH3 is 1. The molecule has 0 spiro atoms. The molecule has 1 N–H and O–H groups in total. The van der Waals surface area contributed by atoms with Gasteiger partial charge in [0.15, 0.2) is 5.13 Å². The molecule has 1 aromatic carbocycles. The molecule has 0 atom stereocenters. The molecule has 0 bridgehead atoms. The zero-order valence-electron chi connectivity index (χ0n) is 13.2. The van der Waals surface area contributed by atoms with Crippen molar-refractivity contribution in [2.45, 2.75) is 26.8 Å². The van der Waals surface area contributed by atoms with Crippen molar-refractivity contribution in [2.75, 3.05) is 12.4 Å². The van der Waals surface area contributed by atoms with Crippen LogP contribution in [-0.4, -0.2) is 23.1 Å². The van der Waals surface area contributed by atoms with Crippen LogP contribution in [0.4, 0.5) is 5.13 Å². The van der Waals surface area contributed by atoms with Crippen LogP contribution in [0.15, 0.2) is 29.6 Å². The number of thiazole rings is 1. The highest BCUT2D eigenvalue weighted by atomic mass is 32.1. The molecule has 3 aromatic rings. The number of aryl methyl sites for hydroxylation is 1. The summed E-state index contributed by atoms with van der Waals surface area (Å²) in [6, 6.07) is 8.48. The third kappa shape index (κ3) is 2.90. The van der Waals surface area contributed by atoms with Gasteiger partial charge in [-0.3, -0.25) is 4.98 Å². The van der Waals surface area contributed by atoms with Gasteiger partial charge in [-0.25, -0.2) is 4.98 Å². The van der Waals surface area contributed by atoms with E-state index in [1.165, 1.54) is 0 Å². The first kappa shape index (κ1) is 14.8. The number of anilines is 1. The normalized spacial score (nSPS) is 11.1. The molecule has 4 nitrogen and oxygen atoms in total. The van der Waals surface area contributed by atoms with E-state index >= 15 is 0 Å². The molecule has 0 aliphatic rings. The molecule has 0 saturated heterocycles. The molecular formula is C17H19N3OS. The van der Waals surface area contributed by atoms with Crippen LogP contribution in [0.3, 0.4) is 0 Å². The molecule has 114 valence electrons. The van der Waals surface area contributed by atoms with Crippen molar-refractivity contribution in [3.8, 4) is 17.1 Å². The molecule has 0 amide bonds. The summed E-state index contributed by atoms with van der Waals surface area (Å²) in [5, 5.41) is 8.55. The SMILES string of the molecule is COc1ccc2c(C)nc(-c3csc(NC(C)C)n3)cc2c1. The summed E-state index contributed by atoms with van der Waals surface area (Å²) in [6.07, 6.45) is 0. The second-order valence-electron chi connectivity index (χ2n) is 5.52. The third-order valence-electron chi connectivity index (χ3n) is 3.41. The zero-order chi connectivity index (χ0) is 15.7. The Hall–Kier alpha value is -2.14. The van der Waals surface area contributed by atoms with E-state index in [0.29, 0.717) is 6.04 Å². The molecule has 0 saturated carbocycles. The lowest BCUT2D eigenvalue weighted by Gasteiger charge is -2.07. The second-order valence-corrected chi connectivity index (χ2v) is 6.38. The molecule has 0 fully saturated rings. The minimum absolute atomic E-state index is 0.370. The third-order valence-corrected chi connectivity index (χ3v) is 4.18. The monoisotopic (exact) mass is 313 g/mol. The van der Waals surface area contributed by atoms with Crippen molar-refractivity contribution in [3.63, 3.8) is 0 Å². The summed E-state index contributed by atoms with van der Waals surface area (Å²) in [5.41, 5.74) is 2.80. The Morgan fingerprint density at radius 1 is 1.14 bits per heavy atom. The Labute approximate surface area is 134 Å². The summed E-state index contributed by atoms with van der Waals surface area (Å²) < 4.78 is 5.31. The number of hydrogen-bond donors (Lipinski definition) is 1. The maximum atomic E-state index is 5.31. The lowest BCUT2D eigenvalue weighted by atomic mass is 10.1. The smallest absolute Gasteiger partial charge is 0.183 e. The Balaban J connectivity index is 2.05. The van der Waals surface area contributed by atoms with Gasteiger partial charge < -0.3 is 10.1 Å². The maximum absolute atomic E-state index is 5.31. The average molecular weight is 313 g/mol. The zero-order valence-corrected chi connectivity index (χ0v) is 14.0. The Morgan fingerprint density at radius 2 is 1.95 bits per heavy atom. The van der Waals surface area contributed by atoms with Gasteiger partial charge in [-0.1, -0.05) is 0 Å². The van der Waals surface area contributed by atoms with Crippen molar-refractivity contribution >= 4 is 27.2 Å².